The van der Waals surface area contributed by atoms with Crippen molar-refractivity contribution in [2.24, 2.45) is 10.7 Å². The van der Waals surface area contributed by atoms with Gasteiger partial charge in [0.15, 0.2) is 5.96 Å². The van der Waals surface area contributed by atoms with Crippen LogP contribution in [0.4, 0.5) is 0 Å². The highest BCUT2D eigenvalue weighted by Gasteiger charge is 2.27. The Morgan fingerprint density at radius 3 is 2.50 bits per heavy atom. The van der Waals surface area contributed by atoms with Crippen LogP contribution in [0.1, 0.15) is 18.9 Å². The fourth-order valence-electron chi connectivity index (χ4n) is 2.27. The average Bonchev–Trinajstić information content (AvgIpc) is 2.53. The molecule has 1 aromatic rings. The van der Waals surface area contributed by atoms with Gasteiger partial charge in [0.05, 0.1) is 6.54 Å². The fourth-order valence-corrected chi connectivity index (χ4v) is 3.44. The van der Waals surface area contributed by atoms with Gasteiger partial charge in [-0.2, -0.15) is 11.8 Å². The Balaban J connectivity index is 0.00000242. The molecule has 1 aliphatic rings. The molecule has 1 fully saturated rings. The van der Waals surface area contributed by atoms with Crippen LogP contribution in [0, 0.1) is 0 Å². The van der Waals surface area contributed by atoms with Gasteiger partial charge in [-0.1, -0.05) is 35.0 Å². The third-order valence-corrected chi connectivity index (χ3v) is 5.28. The Hall–Kier alpha value is 0.01000. The summed E-state index contributed by atoms with van der Waals surface area (Å²) in [5, 5.41) is 10.8. The van der Waals surface area contributed by atoms with Gasteiger partial charge in [0.25, 0.3) is 0 Å². The highest BCUT2D eigenvalue weighted by Crippen LogP contribution is 2.26. The number of halogens is 2. The number of guanidine groups is 1. The fraction of sp³-hybridized carbons (Fsp3) is 0.533. The molecule has 0 aliphatic carbocycles. The van der Waals surface area contributed by atoms with E-state index in [1.54, 1.807) is 0 Å². The number of nitrogens with two attached hydrogens (primary N) is 1. The van der Waals surface area contributed by atoms with E-state index in [1.165, 1.54) is 0 Å². The van der Waals surface area contributed by atoms with Gasteiger partial charge in [-0.3, -0.25) is 0 Å². The van der Waals surface area contributed by atoms with Gasteiger partial charge < -0.3 is 15.7 Å². The quantitative estimate of drug-likeness (QED) is 0.379. The molecule has 0 spiro atoms. The molecule has 2 rings (SSSR count). The monoisotopic (exact) mass is 499 g/mol. The van der Waals surface area contributed by atoms with Crippen LogP contribution in [0.2, 0.25) is 0 Å². The minimum absolute atomic E-state index is 0. The number of hydrogen-bond acceptors (Lipinski definition) is 3. The van der Waals surface area contributed by atoms with Crippen molar-refractivity contribution in [2.45, 2.75) is 18.9 Å². The number of aliphatic imine (C=N–C) groups is 1. The van der Waals surface area contributed by atoms with E-state index in [1.807, 2.05) is 43.0 Å². The molecule has 22 heavy (non-hydrogen) atoms. The van der Waals surface area contributed by atoms with Crippen LogP contribution in [0.15, 0.2) is 33.7 Å². The molecular formula is C15H23BrIN3OS. The zero-order chi connectivity index (χ0) is 15.3. The number of benzene rings is 1. The second-order valence-corrected chi connectivity index (χ2v) is 7.31. The summed E-state index contributed by atoms with van der Waals surface area (Å²) in [6.45, 7) is 4.12. The van der Waals surface area contributed by atoms with Crippen LogP contribution < -0.4 is 5.73 Å². The second kappa shape index (κ2) is 9.34. The third kappa shape index (κ3) is 5.28. The lowest BCUT2D eigenvalue weighted by molar-refractivity contribution is 0.0421. The van der Waals surface area contributed by atoms with E-state index in [9.17, 15) is 5.11 Å². The smallest absolute Gasteiger partial charge is 0.191 e. The minimum atomic E-state index is -0.962. The molecule has 1 saturated heterocycles. The standard InChI is InChI=1S/C15H22BrN3OS.HI/c1-2-15(20,12-3-5-13(16)6-4-12)11-18-14(17)19-7-9-21-10-8-19;/h3-6,20H,2,7-11H2,1H3,(H2,17,18);1H. The van der Waals surface area contributed by atoms with Crippen LogP contribution in [0.25, 0.3) is 0 Å². The summed E-state index contributed by atoms with van der Waals surface area (Å²) in [7, 11) is 0. The lowest BCUT2D eigenvalue weighted by Gasteiger charge is -2.29. The van der Waals surface area contributed by atoms with E-state index in [0.29, 0.717) is 18.9 Å². The molecule has 124 valence electrons. The van der Waals surface area contributed by atoms with Crippen molar-refractivity contribution < 1.29 is 5.11 Å². The molecule has 0 radical (unpaired) electrons. The predicted octanol–water partition coefficient (Wildman–Crippen LogP) is 3.03. The molecule has 3 N–H and O–H groups in total. The maximum absolute atomic E-state index is 10.8. The molecule has 0 saturated carbocycles. The maximum Gasteiger partial charge on any atom is 0.191 e. The normalized spacial score (nSPS) is 18.5. The van der Waals surface area contributed by atoms with Gasteiger partial charge in [0.2, 0.25) is 0 Å². The Morgan fingerprint density at radius 2 is 1.95 bits per heavy atom. The summed E-state index contributed by atoms with van der Waals surface area (Å²) in [5.41, 5.74) is 5.97. The first-order valence-electron chi connectivity index (χ1n) is 7.16. The van der Waals surface area contributed by atoms with E-state index in [2.05, 4.69) is 25.8 Å². The van der Waals surface area contributed by atoms with Crippen molar-refractivity contribution >= 4 is 57.6 Å². The van der Waals surface area contributed by atoms with Crippen LogP contribution in [0.5, 0.6) is 0 Å². The van der Waals surface area contributed by atoms with Crippen molar-refractivity contribution in [1.82, 2.24) is 4.90 Å². The minimum Gasteiger partial charge on any atom is -0.383 e. The molecular weight excluding hydrogens is 477 g/mol. The van der Waals surface area contributed by atoms with E-state index < -0.39 is 5.60 Å². The van der Waals surface area contributed by atoms with Gasteiger partial charge >= 0.3 is 0 Å². The van der Waals surface area contributed by atoms with Gasteiger partial charge in [0, 0.05) is 29.1 Å². The van der Waals surface area contributed by atoms with Crippen molar-refractivity contribution in [1.29, 1.82) is 0 Å². The molecule has 1 heterocycles. The molecule has 0 bridgehead atoms. The van der Waals surface area contributed by atoms with E-state index in [-0.39, 0.29) is 24.0 Å². The molecule has 1 aromatic carbocycles. The Kier molecular flexibility index (Phi) is 8.52. The topological polar surface area (TPSA) is 61.9 Å². The lowest BCUT2D eigenvalue weighted by atomic mass is 9.91. The van der Waals surface area contributed by atoms with Crippen molar-refractivity contribution in [2.75, 3.05) is 31.1 Å². The number of aliphatic hydroxyl groups is 1. The summed E-state index contributed by atoms with van der Waals surface area (Å²) < 4.78 is 0.999. The summed E-state index contributed by atoms with van der Waals surface area (Å²) in [5.74, 6) is 2.71. The summed E-state index contributed by atoms with van der Waals surface area (Å²) in [6, 6.07) is 7.73. The molecule has 1 atom stereocenters. The molecule has 0 aromatic heterocycles. The summed E-state index contributed by atoms with van der Waals surface area (Å²) >= 11 is 5.35. The number of rotatable bonds is 4. The average molecular weight is 500 g/mol. The zero-order valence-electron chi connectivity index (χ0n) is 12.7. The number of nitrogens with zero attached hydrogens (tertiary/aromatic N) is 2. The maximum atomic E-state index is 10.8. The Morgan fingerprint density at radius 1 is 1.36 bits per heavy atom. The van der Waals surface area contributed by atoms with E-state index in [4.69, 9.17) is 5.73 Å². The summed E-state index contributed by atoms with van der Waals surface area (Å²) in [4.78, 5) is 6.53. The molecule has 4 nitrogen and oxygen atoms in total. The Labute approximate surface area is 162 Å². The van der Waals surface area contributed by atoms with E-state index >= 15 is 0 Å². The first-order chi connectivity index (χ1) is 10.0. The number of thioether (sulfide) groups is 1. The molecule has 0 amide bonds. The first-order valence-corrected chi connectivity index (χ1v) is 9.11. The van der Waals surface area contributed by atoms with Crippen LogP contribution in [-0.2, 0) is 5.60 Å². The lowest BCUT2D eigenvalue weighted by Crippen LogP contribution is -2.43. The molecule has 7 heteroatoms. The zero-order valence-corrected chi connectivity index (χ0v) is 17.4. The van der Waals surface area contributed by atoms with Crippen LogP contribution in [0.3, 0.4) is 0 Å². The first kappa shape index (κ1) is 20.1. The SMILES string of the molecule is CCC(O)(CN=C(N)N1CCSCC1)c1ccc(Br)cc1.I. The predicted molar refractivity (Wildman–Crippen MR) is 109 cm³/mol. The van der Waals surface area contributed by atoms with Crippen molar-refractivity contribution in [3.63, 3.8) is 0 Å². The van der Waals surface area contributed by atoms with Gasteiger partial charge in [0.1, 0.15) is 5.60 Å². The van der Waals surface area contributed by atoms with Gasteiger partial charge in [-0.25, -0.2) is 4.99 Å². The van der Waals surface area contributed by atoms with Gasteiger partial charge in [-0.05, 0) is 24.1 Å². The molecule has 1 aliphatic heterocycles. The van der Waals surface area contributed by atoms with Crippen LogP contribution >= 0.6 is 51.7 Å². The van der Waals surface area contributed by atoms with E-state index in [0.717, 1.165) is 34.6 Å². The third-order valence-electron chi connectivity index (χ3n) is 3.80. The summed E-state index contributed by atoms with van der Waals surface area (Å²) in [6.07, 6.45) is 0.598. The largest absolute Gasteiger partial charge is 0.383 e. The number of hydrogen-bond donors (Lipinski definition) is 2. The second-order valence-electron chi connectivity index (χ2n) is 5.17. The van der Waals surface area contributed by atoms with Crippen LogP contribution in [-0.4, -0.2) is 47.1 Å². The highest BCUT2D eigenvalue weighted by molar-refractivity contribution is 14.0. The highest BCUT2D eigenvalue weighted by atomic mass is 127. The molecule has 1 unspecified atom stereocenters. The Bertz CT molecular complexity index is 494. The van der Waals surface area contributed by atoms with Gasteiger partial charge in [-0.15, -0.1) is 24.0 Å². The van der Waals surface area contributed by atoms with Crippen molar-refractivity contribution in [3.05, 3.63) is 34.3 Å². The van der Waals surface area contributed by atoms with Crippen molar-refractivity contribution in [3.8, 4) is 0 Å².